The molecule has 2 rings (SSSR count). The Bertz CT molecular complexity index is 730. The molecule has 0 spiro atoms. The van der Waals surface area contributed by atoms with E-state index >= 15 is 0 Å². The lowest BCUT2D eigenvalue weighted by Crippen LogP contribution is -2.26. The predicted molar refractivity (Wildman–Crippen MR) is 97.3 cm³/mol. The molecule has 3 N–H and O–H groups in total. The highest BCUT2D eigenvalue weighted by molar-refractivity contribution is 6.15. The summed E-state index contributed by atoms with van der Waals surface area (Å²) >= 11 is 0. The molecule has 0 saturated carbocycles. The van der Waals surface area contributed by atoms with Gasteiger partial charge in [-0.2, -0.15) is 5.10 Å². The third-order valence-electron chi connectivity index (χ3n) is 3.12. The zero-order chi connectivity index (χ0) is 19.0. The molecular formula is C18H26N4O3. The van der Waals surface area contributed by atoms with Crippen LogP contribution in [0.2, 0.25) is 0 Å². The summed E-state index contributed by atoms with van der Waals surface area (Å²) < 4.78 is 6.35. The molecule has 0 aliphatic rings. The maximum atomic E-state index is 11.7. The van der Waals surface area contributed by atoms with Gasteiger partial charge in [0.05, 0.1) is 31.1 Å². The van der Waals surface area contributed by atoms with Gasteiger partial charge in [0.1, 0.15) is 5.57 Å². The summed E-state index contributed by atoms with van der Waals surface area (Å²) in [5.41, 5.74) is 6.94. The summed E-state index contributed by atoms with van der Waals surface area (Å²) in [5, 5.41) is 14.1. The van der Waals surface area contributed by atoms with Crippen LogP contribution >= 0.6 is 0 Å². The lowest BCUT2D eigenvalue weighted by atomic mass is 10.1. The number of carbonyl (C=O) groups is 1. The van der Waals surface area contributed by atoms with E-state index in [-0.39, 0.29) is 5.57 Å². The molecule has 0 unspecified atom stereocenters. The van der Waals surface area contributed by atoms with Crippen LogP contribution in [0.3, 0.4) is 0 Å². The molecule has 7 nitrogen and oxygen atoms in total. The van der Waals surface area contributed by atoms with Crippen molar-refractivity contribution in [3.8, 4) is 11.1 Å². The second-order valence-electron chi connectivity index (χ2n) is 5.74. The largest absolute Gasteiger partial charge is 0.465 e. The summed E-state index contributed by atoms with van der Waals surface area (Å²) in [4.78, 5) is 15.9. The Kier molecular flexibility index (Phi) is 7.32. The number of pyridine rings is 1. The van der Waals surface area contributed by atoms with E-state index in [4.69, 9.17) is 10.5 Å². The molecule has 0 atom stereocenters. The number of hydrogen-bond acceptors (Lipinski definition) is 6. The van der Waals surface area contributed by atoms with Crippen LogP contribution in [0.1, 0.15) is 33.4 Å². The number of hydrogen-bond donors (Lipinski definition) is 2. The average molecular weight is 346 g/mol. The zero-order valence-corrected chi connectivity index (χ0v) is 15.4. The van der Waals surface area contributed by atoms with Gasteiger partial charge in [0.15, 0.2) is 0 Å². The minimum absolute atomic E-state index is 0.193. The van der Waals surface area contributed by atoms with Crippen LogP contribution in [0.25, 0.3) is 16.7 Å². The van der Waals surface area contributed by atoms with E-state index in [0.717, 1.165) is 11.1 Å². The van der Waals surface area contributed by atoms with Gasteiger partial charge in [0.2, 0.25) is 0 Å². The van der Waals surface area contributed by atoms with Crippen LogP contribution in [-0.4, -0.2) is 38.6 Å². The summed E-state index contributed by atoms with van der Waals surface area (Å²) in [6.07, 6.45) is 6.27. The first kappa shape index (κ1) is 20.4. The summed E-state index contributed by atoms with van der Waals surface area (Å²) in [7, 11) is 1.29. The van der Waals surface area contributed by atoms with Gasteiger partial charge in [-0.3, -0.25) is 9.67 Å². The van der Waals surface area contributed by atoms with Crippen molar-refractivity contribution in [1.82, 2.24) is 14.8 Å². The van der Waals surface area contributed by atoms with Crippen LogP contribution in [0.4, 0.5) is 0 Å². The molecule has 0 bridgehead atoms. The number of rotatable bonds is 5. The first-order valence-corrected chi connectivity index (χ1v) is 8.06. The molecule has 0 aromatic carbocycles. The number of nitrogens with two attached hydrogens (primary N) is 1. The van der Waals surface area contributed by atoms with E-state index in [1.54, 1.807) is 43.1 Å². The number of nitrogens with zero attached hydrogens (tertiary/aromatic N) is 3. The van der Waals surface area contributed by atoms with Crippen LogP contribution in [0.15, 0.2) is 36.9 Å². The van der Waals surface area contributed by atoms with Crippen molar-refractivity contribution >= 4 is 11.5 Å². The van der Waals surface area contributed by atoms with Gasteiger partial charge < -0.3 is 15.6 Å². The number of carbonyl (C=O) groups excluding carboxylic acids is 1. The third kappa shape index (κ3) is 5.72. The molecule has 0 saturated heterocycles. The fourth-order valence-corrected chi connectivity index (χ4v) is 2.12. The average Bonchev–Trinajstić information content (AvgIpc) is 3.04. The number of methoxy groups -OCH3 is 1. The van der Waals surface area contributed by atoms with Gasteiger partial charge >= 0.3 is 5.97 Å². The predicted octanol–water partition coefficient (Wildman–Crippen LogP) is 2.21. The molecule has 2 aromatic heterocycles. The second-order valence-corrected chi connectivity index (χ2v) is 5.74. The topological polar surface area (TPSA) is 103 Å². The smallest absolute Gasteiger partial charge is 0.341 e. The maximum absolute atomic E-state index is 11.7. The number of aliphatic hydroxyl groups is 1. The monoisotopic (exact) mass is 346 g/mol. The molecule has 0 fully saturated rings. The highest BCUT2D eigenvalue weighted by atomic mass is 16.5. The van der Waals surface area contributed by atoms with E-state index in [0.29, 0.717) is 12.2 Å². The lowest BCUT2D eigenvalue weighted by Gasteiger charge is -2.16. The van der Waals surface area contributed by atoms with Gasteiger partial charge in [0.25, 0.3) is 0 Å². The number of aromatic nitrogens is 3. The van der Waals surface area contributed by atoms with Crippen molar-refractivity contribution in [1.29, 1.82) is 0 Å². The SMILES string of the molecule is CC.COC(=O)/C(=C/N)c1cc(-c2cnn(CC(C)(C)O)c2)ccn1. The summed E-state index contributed by atoms with van der Waals surface area (Å²) in [6.45, 7) is 7.81. The minimum atomic E-state index is -0.854. The fourth-order valence-electron chi connectivity index (χ4n) is 2.12. The van der Waals surface area contributed by atoms with E-state index < -0.39 is 11.6 Å². The Labute approximate surface area is 148 Å². The fraction of sp³-hybridized carbons (Fsp3) is 0.389. The Balaban J connectivity index is 0.00000151. The van der Waals surface area contributed by atoms with E-state index in [2.05, 4.69) is 10.1 Å². The van der Waals surface area contributed by atoms with Gasteiger partial charge in [-0.15, -0.1) is 0 Å². The Morgan fingerprint density at radius 2 is 2.08 bits per heavy atom. The van der Waals surface area contributed by atoms with Crippen molar-refractivity contribution in [2.45, 2.75) is 39.8 Å². The molecule has 0 amide bonds. The third-order valence-corrected chi connectivity index (χ3v) is 3.12. The van der Waals surface area contributed by atoms with Crippen molar-refractivity contribution in [3.05, 3.63) is 42.6 Å². The normalized spacial score (nSPS) is 11.5. The van der Waals surface area contributed by atoms with Gasteiger partial charge in [0, 0.05) is 24.2 Å². The molecule has 136 valence electrons. The quantitative estimate of drug-likeness (QED) is 0.635. The first-order valence-electron chi connectivity index (χ1n) is 8.06. The van der Waals surface area contributed by atoms with E-state index in [1.807, 2.05) is 20.0 Å². The molecule has 0 radical (unpaired) electrons. The highest BCUT2D eigenvalue weighted by Gasteiger charge is 2.16. The van der Waals surface area contributed by atoms with Crippen molar-refractivity contribution in [2.75, 3.05) is 7.11 Å². The second kappa shape index (κ2) is 8.98. The molecular weight excluding hydrogens is 320 g/mol. The summed E-state index contributed by atoms with van der Waals surface area (Å²) in [5.74, 6) is -0.546. The lowest BCUT2D eigenvalue weighted by molar-refractivity contribution is -0.133. The van der Waals surface area contributed by atoms with Crippen LogP contribution < -0.4 is 5.73 Å². The van der Waals surface area contributed by atoms with Gasteiger partial charge in [-0.05, 0) is 31.5 Å². The molecule has 0 aliphatic carbocycles. The number of esters is 1. The van der Waals surface area contributed by atoms with Crippen LogP contribution in [0, 0.1) is 0 Å². The Morgan fingerprint density at radius 3 is 2.64 bits per heavy atom. The van der Waals surface area contributed by atoms with E-state index in [1.165, 1.54) is 13.3 Å². The molecule has 0 aliphatic heterocycles. The van der Waals surface area contributed by atoms with Crippen molar-refractivity contribution < 1.29 is 14.6 Å². The van der Waals surface area contributed by atoms with Crippen LogP contribution in [0.5, 0.6) is 0 Å². The number of ether oxygens (including phenoxy) is 1. The first-order chi connectivity index (χ1) is 11.8. The minimum Gasteiger partial charge on any atom is -0.465 e. The molecule has 2 heterocycles. The van der Waals surface area contributed by atoms with Crippen LogP contribution in [-0.2, 0) is 16.1 Å². The van der Waals surface area contributed by atoms with Crippen molar-refractivity contribution in [3.63, 3.8) is 0 Å². The molecule has 7 heteroatoms. The molecule has 25 heavy (non-hydrogen) atoms. The molecule has 2 aromatic rings. The van der Waals surface area contributed by atoms with E-state index in [9.17, 15) is 9.90 Å². The Morgan fingerprint density at radius 1 is 1.40 bits per heavy atom. The highest BCUT2D eigenvalue weighted by Crippen LogP contribution is 2.22. The maximum Gasteiger partial charge on any atom is 0.341 e. The standard InChI is InChI=1S/C16H20N4O3.C2H6/c1-16(2,22)10-20-9-12(8-19-20)11-4-5-18-14(6-11)13(7-17)15(21)23-3;1-2/h4-9,22H,10,17H2,1-3H3;1-2H3/b13-7+;. The van der Waals surface area contributed by atoms with Gasteiger partial charge in [-0.25, -0.2) is 4.79 Å². The summed E-state index contributed by atoms with van der Waals surface area (Å²) in [6, 6.07) is 3.54. The van der Waals surface area contributed by atoms with Crippen molar-refractivity contribution in [2.24, 2.45) is 5.73 Å². The zero-order valence-electron chi connectivity index (χ0n) is 15.4. The Hall–Kier alpha value is -2.67. The van der Waals surface area contributed by atoms with Gasteiger partial charge in [-0.1, -0.05) is 13.8 Å².